The number of hydrogen-bond acceptors (Lipinski definition) is 5. The molecule has 1 saturated heterocycles. The summed E-state index contributed by atoms with van der Waals surface area (Å²) >= 11 is 0. The number of morpholine rings is 1. The smallest absolute Gasteiger partial charge is 0.313 e. The molecule has 0 bridgehead atoms. The van der Waals surface area contributed by atoms with Crippen molar-refractivity contribution in [2.75, 3.05) is 48.4 Å². The molecular weight excluding hydrogens is 396 g/mol. The van der Waals surface area contributed by atoms with E-state index in [4.69, 9.17) is 4.74 Å². The lowest BCUT2D eigenvalue weighted by Gasteiger charge is -2.28. The zero-order valence-electron chi connectivity index (χ0n) is 17.6. The normalized spacial score (nSPS) is 13.4. The average Bonchev–Trinajstić information content (AvgIpc) is 2.78. The molecule has 0 aliphatic carbocycles. The predicted octanol–water partition coefficient (Wildman–Crippen LogP) is 2.17. The molecule has 0 spiro atoms. The summed E-state index contributed by atoms with van der Waals surface area (Å²) < 4.78 is 5.38. The molecule has 0 radical (unpaired) electrons. The second-order valence-corrected chi connectivity index (χ2v) is 7.34. The van der Waals surface area contributed by atoms with E-state index in [0.717, 1.165) is 39.1 Å². The number of carbonyl (C=O) groups excluding carboxylic acids is 3. The van der Waals surface area contributed by atoms with Crippen molar-refractivity contribution in [3.63, 3.8) is 0 Å². The van der Waals surface area contributed by atoms with Gasteiger partial charge < -0.3 is 25.6 Å². The van der Waals surface area contributed by atoms with Gasteiger partial charge >= 0.3 is 11.8 Å². The Labute approximate surface area is 182 Å². The molecule has 0 aromatic heterocycles. The number of anilines is 3. The Bertz CT molecular complexity index is 891. The van der Waals surface area contributed by atoms with Crippen molar-refractivity contribution in [3.05, 3.63) is 54.1 Å². The Balaban J connectivity index is 1.36. The van der Waals surface area contributed by atoms with E-state index >= 15 is 0 Å². The first kappa shape index (κ1) is 22.3. The van der Waals surface area contributed by atoms with Crippen LogP contribution in [0.3, 0.4) is 0 Å². The molecule has 3 rings (SSSR count). The molecular formula is C23H28N4O4. The molecule has 1 heterocycles. The van der Waals surface area contributed by atoms with Crippen molar-refractivity contribution in [3.8, 4) is 0 Å². The van der Waals surface area contributed by atoms with Crippen molar-refractivity contribution in [2.45, 2.75) is 19.8 Å². The maximum Gasteiger partial charge on any atom is 0.313 e. The summed E-state index contributed by atoms with van der Waals surface area (Å²) in [5.74, 6) is -1.57. The summed E-state index contributed by atoms with van der Waals surface area (Å²) in [5.41, 5.74) is 3.49. The molecule has 8 nitrogen and oxygen atoms in total. The second-order valence-electron chi connectivity index (χ2n) is 7.34. The lowest BCUT2D eigenvalue weighted by molar-refractivity contribution is -0.136. The third-order valence-corrected chi connectivity index (χ3v) is 4.91. The highest BCUT2D eigenvalue weighted by Gasteiger charge is 2.13. The van der Waals surface area contributed by atoms with Gasteiger partial charge in [0.2, 0.25) is 5.91 Å². The zero-order chi connectivity index (χ0) is 22.1. The Morgan fingerprint density at radius 3 is 2.10 bits per heavy atom. The third-order valence-electron chi connectivity index (χ3n) is 4.91. The number of nitrogens with zero attached hydrogens (tertiary/aromatic N) is 1. The summed E-state index contributed by atoms with van der Waals surface area (Å²) in [5, 5.41) is 7.82. The van der Waals surface area contributed by atoms with E-state index in [1.165, 1.54) is 18.2 Å². The van der Waals surface area contributed by atoms with Gasteiger partial charge in [0.15, 0.2) is 0 Å². The molecule has 1 aliphatic rings. The van der Waals surface area contributed by atoms with Gasteiger partial charge in [-0.1, -0.05) is 12.1 Å². The first-order valence-electron chi connectivity index (χ1n) is 10.4. The topological polar surface area (TPSA) is 99.8 Å². The molecule has 1 aliphatic heterocycles. The first-order chi connectivity index (χ1) is 15.0. The van der Waals surface area contributed by atoms with Gasteiger partial charge in [-0.05, 0) is 54.8 Å². The van der Waals surface area contributed by atoms with Gasteiger partial charge in [0.25, 0.3) is 0 Å². The summed E-state index contributed by atoms with van der Waals surface area (Å²) in [6.45, 7) is 5.17. The van der Waals surface area contributed by atoms with Crippen molar-refractivity contribution >= 4 is 34.8 Å². The number of aryl methyl sites for hydroxylation is 1. The van der Waals surface area contributed by atoms with Gasteiger partial charge in [-0.2, -0.15) is 0 Å². The SMILES string of the molecule is CC(=O)Nc1ccc(NC(=O)C(=O)NCCCc2ccc(N3CCOCC3)cc2)cc1. The fraction of sp³-hybridized carbons (Fsp3) is 0.348. The van der Waals surface area contributed by atoms with Crippen LogP contribution in [0.5, 0.6) is 0 Å². The number of benzene rings is 2. The zero-order valence-corrected chi connectivity index (χ0v) is 17.6. The van der Waals surface area contributed by atoms with Crippen LogP contribution in [0.4, 0.5) is 17.1 Å². The van der Waals surface area contributed by atoms with Crippen molar-refractivity contribution in [2.24, 2.45) is 0 Å². The maximum atomic E-state index is 12.0. The van der Waals surface area contributed by atoms with Gasteiger partial charge in [-0.3, -0.25) is 14.4 Å². The van der Waals surface area contributed by atoms with E-state index in [-0.39, 0.29) is 5.91 Å². The van der Waals surface area contributed by atoms with Crippen molar-refractivity contribution in [1.82, 2.24) is 5.32 Å². The maximum absolute atomic E-state index is 12.0. The average molecular weight is 425 g/mol. The molecule has 0 atom stereocenters. The van der Waals surface area contributed by atoms with Gasteiger partial charge in [0, 0.05) is 43.6 Å². The minimum absolute atomic E-state index is 0.177. The molecule has 8 heteroatoms. The molecule has 1 fully saturated rings. The number of hydrogen-bond donors (Lipinski definition) is 3. The molecule has 0 saturated carbocycles. The van der Waals surface area contributed by atoms with E-state index in [1.807, 2.05) is 0 Å². The number of rotatable bonds is 7. The van der Waals surface area contributed by atoms with Crippen LogP contribution in [0.1, 0.15) is 18.9 Å². The van der Waals surface area contributed by atoms with Crippen LogP contribution in [0, 0.1) is 0 Å². The number of carbonyl (C=O) groups is 3. The van der Waals surface area contributed by atoms with E-state index < -0.39 is 11.8 Å². The van der Waals surface area contributed by atoms with Crippen LogP contribution >= 0.6 is 0 Å². The molecule has 164 valence electrons. The highest BCUT2D eigenvalue weighted by Crippen LogP contribution is 2.17. The van der Waals surface area contributed by atoms with Gasteiger partial charge in [-0.25, -0.2) is 0 Å². The van der Waals surface area contributed by atoms with E-state index in [0.29, 0.717) is 17.9 Å². The second kappa shape index (κ2) is 11.1. The minimum atomic E-state index is -0.720. The fourth-order valence-electron chi connectivity index (χ4n) is 3.30. The lowest BCUT2D eigenvalue weighted by atomic mass is 10.1. The highest BCUT2D eigenvalue weighted by molar-refractivity contribution is 6.39. The predicted molar refractivity (Wildman–Crippen MR) is 120 cm³/mol. The molecule has 2 aromatic carbocycles. The van der Waals surface area contributed by atoms with E-state index in [9.17, 15) is 14.4 Å². The summed E-state index contributed by atoms with van der Waals surface area (Å²) in [4.78, 5) is 37.3. The molecule has 31 heavy (non-hydrogen) atoms. The van der Waals surface area contributed by atoms with Crippen LogP contribution in [-0.4, -0.2) is 50.6 Å². The van der Waals surface area contributed by atoms with Crippen LogP contribution in [-0.2, 0) is 25.5 Å². The highest BCUT2D eigenvalue weighted by atomic mass is 16.5. The summed E-state index contributed by atoms with van der Waals surface area (Å²) in [6.07, 6.45) is 1.55. The molecule has 0 unspecified atom stereocenters. The number of amides is 3. The molecule has 3 N–H and O–H groups in total. The Morgan fingerprint density at radius 2 is 1.48 bits per heavy atom. The summed E-state index contributed by atoms with van der Waals surface area (Å²) in [7, 11) is 0. The number of ether oxygens (including phenoxy) is 1. The van der Waals surface area contributed by atoms with E-state index in [2.05, 4.69) is 45.1 Å². The Kier molecular flexibility index (Phi) is 8.00. The standard InChI is InChI=1S/C23H28N4O4/c1-17(28)25-19-6-8-20(9-7-19)26-23(30)22(29)24-12-2-3-18-4-10-21(11-5-18)27-13-15-31-16-14-27/h4-11H,2-3,12-16H2,1H3,(H,24,29)(H,25,28)(H,26,30). The van der Waals surface area contributed by atoms with Gasteiger partial charge in [-0.15, -0.1) is 0 Å². The first-order valence-corrected chi connectivity index (χ1v) is 10.4. The largest absolute Gasteiger partial charge is 0.378 e. The third kappa shape index (κ3) is 7.11. The fourth-order valence-corrected chi connectivity index (χ4v) is 3.30. The van der Waals surface area contributed by atoms with Crippen LogP contribution in [0.25, 0.3) is 0 Å². The quantitative estimate of drug-likeness (QED) is 0.467. The van der Waals surface area contributed by atoms with Crippen molar-refractivity contribution < 1.29 is 19.1 Å². The number of nitrogens with one attached hydrogen (secondary N) is 3. The lowest BCUT2D eigenvalue weighted by Crippen LogP contribution is -2.36. The molecule has 2 aromatic rings. The van der Waals surface area contributed by atoms with Gasteiger partial charge in [0.1, 0.15) is 0 Å². The van der Waals surface area contributed by atoms with Gasteiger partial charge in [0.05, 0.1) is 13.2 Å². The minimum Gasteiger partial charge on any atom is -0.378 e. The Hall–Kier alpha value is -3.39. The van der Waals surface area contributed by atoms with Crippen molar-refractivity contribution in [1.29, 1.82) is 0 Å². The van der Waals surface area contributed by atoms with E-state index in [1.54, 1.807) is 24.3 Å². The monoisotopic (exact) mass is 424 g/mol. The molecule has 3 amide bonds. The van der Waals surface area contributed by atoms with Crippen LogP contribution < -0.4 is 20.9 Å². The Morgan fingerprint density at radius 1 is 0.871 bits per heavy atom. The van der Waals surface area contributed by atoms with Crippen LogP contribution in [0.2, 0.25) is 0 Å². The summed E-state index contributed by atoms with van der Waals surface area (Å²) in [6, 6.07) is 15.0. The van der Waals surface area contributed by atoms with Crippen LogP contribution in [0.15, 0.2) is 48.5 Å².